The number of hydrogen-bond acceptors (Lipinski definition) is 3. The average Bonchev–Trinajstić information content (AvgIpc) is 2.87. The summed E-state index contributed by atoms with van der Waals surface area (Å²) in [6.45, 7) is 3.64. The molecule has 1 saturated heterocycles. The molecule has 4 rings (SSSR count). The molecule has 3 aromatic rings. The maximum absolute atomic E-state index is 12.7. The lowest BCUT2D eigenvalue weighted by molar-refractivity contribution is 0.120. The van der Waals surface area contributed by atoms with Crippen molar-refractivity contribution in [3.63, 3.8) is 0 Å². The van der Waals surface area contributed by atoms with Crippen LogP contribution in [0.25, 0.3) is 0 Å². The van der Waals surface area contributed by atoms with Crippen molar-refractivity contribution < 1.29 is 9.53 Å². The van der Waals surface area contributed by atoms with E-state index in [1.165, 1.54) is 16.7 Å². The second kappa shape index (κ2) is 11.2. The normalized spacial score (nSPS) is 15.2. The molecule has 3 aromatic carbocycles. The first-order valence-electron chi connectivity index (χ1n) is 11.3. The van der Waals surface area contributed by atoms with Crippen LogP contribution in [0.5, 0.6) is 5.75 Å². The van der Waals surface area contributed by atoms with E-state index in [0.717, 1.165) is 30.3 Å². The van der Waals surface area contributed by atoms with Crippen LogP contribution in [-0.2, 0) is 6.42 Å². The zero-order valence-electron chi connectivity index (χ0n) is 18.9. The Morgan fingerprint density at radius 2 is 1.55 bits per heavy atom. The average molecular weight is 464 g/mol. The van der Waals surface area contributed by atoms with E-state index >= 15 is 0 Å². The molecule has 0 saturated carbocycles. The van der Waals surface area contributed by atoms with Crippen LogP contribution in [0.4, 0.5) is 4.79 Å². The van der Waals surface area contributed by atoms with Crippen LogP contribution in [0, 0.1) is 0 Å². The number of amides is 2. The molecule has 0 spiro atoms. The van der Waals surface area contributed by atoms with Crippen LogP contribution >= 0.6 is 11.6 Å². The molecule has 2 amide bonds. The third-order valence-electron chi connectivity index (χ3n) is 6.12. The number of benzene rings is 3. The number of halogens is 1. The smallest absolute Gasteiger partial charge is 0.317 e. The summed E-state index contributed by atoms with van der Waals surface area (Å²) in [6, 6.07) is 26.7. The predicted octanol–water partition coefficient (Wildman–Crippen LogP) is 5.01. The standard InChI is InChI=1S/C27H30ClN3O2/c1-33-25-13-7-21(8-14-25)15-16-29-27(32)31-19-17-30(18-20-31)26(22-5-3-2-4-6-22)23-9-11-24(28)12-10-23/h2-14,26H,15-20H2,1H3,(H,29,32)/t26-/m0/s1. The van der Waals surface area contributed by atoms with Gasteiger partial charge in [-0.1, -0.05) is 66.2 Å². The first-order valence-corrected chi connectivity index (χ1v) is 11.7. The van der Waals surface area contributed by atoms with Crippen molar-refractivity contribution in [2.75, 3.05) is 39.8 Å². The van der Waals surface area contributed by atoms with Crippen molar-refractivity contribution in [3.8, 4) is 5.75 Å². The zero-order chi connectivity index (χ0) is 23.0. The van der Waals surface area contributed by atoms with Crippen LogP contribution in [0.3, 0.4) is 0 Å². The highest BCUT2D eigenvalue weighted by Crippen LogP contribution is 2.30. The topological polar surface area (TPSA) is 44.8 Å². The molecule has 172 valence electrons. The molecule has 0 aliphatic carbocycles. The third kappa shape index (κ3) is 6.06. The van der Waals surface area contributed by atoms with Crippen molar-refractivity contribution in [1.82, 2.24) is 15.1 Å². The van der Waals surface area contributed by atoms with Gasteiger partial charge in [0.1, 0.15) is 5.75 Å². The maximum Gasteiger partial charge on any atom is 0.317 e. The van der Waals surface area contributed by atoms with Gasteiger partial charge < -0.3 is 15.0 Å². The van der Waals surface area contributed by atoms with Crippen LogP contribution in [0.1, 0.15) is 22.7 Å². The Balaban J connectivity index is 1.33. The van der Waals surface area contributed by atoms with Crippen LogP contribution in [0.15, 0.2) is 78.9 Å². The second-order valence-electron chi connectivity index (χ2n) is 8.22. The molecule has 1 aliphatic rings. The predicted molar refractivity (Wildman–Crippen MR) is 133 cm³/mol. The lowest BCUT2D eigenvalue weighted by Gasteiger charge is -2.39. The largest absolute Gasteiger partial charge is 0.497 e. The van der Waals surface area contributed by atoms with Crippen molar-refractivity contribution in [2.24, 2.45) is 0 Å². The summed E-state index contributed by atoms with van der Waals surface area (Å²) in [5, 5.41) is 3.80. The number of ether oxygens (including phenoxy) is 1. The highest BCUT2D eigenvalue weighted by atomic mass is 35.5. The summed E-state index contributed by atoms with van der Waals surface area (Å²) in [6.07, 6.45) is 0.794. The van der Waals surface area contributed by atoms with Crippen molar-refractivity contribution in [3.05, 3.63) is 101 Å². The van der Waals surface area contributed by atoms with Gasteiger partial charge in [-0.3, -0.25) is 4.90 Å². The van der Waals surface area contributed by atoms with Gasteiger partial charge in [0, 0.05) is 37.7 Å². The lowest BCUT2D eigenvalue weighted by atomic mass is 9.96. The number of carbonyl (C=O) groups is 1. The second-order valence-corrected chi connectivity index (χ2v) is 8.65. The number of urea groups is 1. The molecule has 1 heterocycles. The Morgan fingerprint density at radius 1 is 0.909 bits per heavy atom. The van der Waals surface area contributed by atoms with Crippen molar-refractivity contribution >= 4 is 17.6 Å². The van der Waals surface area contributed by atoms with E-state index in [0.29, 0.717) is 19.6 Å². The molecule has 33 heavy (non-hydrogen) atoms. The van der Waals surface area contributed by atoms with Crippen molar-refractivity contribution in [2.45, 2.75) is 12.5 Å². The molecule has 1 N–H and O–H groups in total. The van der Waals surface area contributed by atoms with E-state index in [1.807, 2.05) is 47.4 Å². The molecule has 0 radical (unpaired) electrons. The fourth-order valence-corrected chi connectivity index (χ4v) is 4.42. The van der Waals surface area contributed by atoms with Gasteiger partial charge in [-0.05, 0) is 47.4 Å². The molecular weight excluding hydrogens is 434 g/mol. The fraction of sp³-hybridized carbons (Fsp3) is 0.296. The molecular formula is C27H30ClN3O2. The number of rotatable bonds is 7. The molecule has 0 aromatic heterocycles. The fourth-order valence-electron chi connectivity index (χ4n) is 4.30. The number of hydrogen-bond donors (Lipinski definition) is 1. The molecule has 0 bridgehead atoms. The van der Waals surface area contributed by atoms with E-state index in [-0.39, 0.29) is 12.1 Å². The Morgan fingerprint density at radius 3 is 2.18 bits per heavy atom. The van der Waals surface area contributed by atoms with Crippen LogP contribution in [-0.4, -0.2) is 55.7 Å². The Labute approximate surface area is 200 Å². The number of piperazine rings is 1. The summed E-state index contributed by atoms with van der Waals surface area (Å²) in [7, 11) is 1.66. The Hall–Kier alpha value is -3.02. The molecule has 0 unspecified atom stereocenters. The minimum absolute atomic E-state index is 0.00548. The number of methoxy groups -OCH3 is 1. The quantitative estimate of drug-likeness (QED) is 0.535. The van der Waals surface area contributed by atoms with Gasteiger partial charge in [0.15, 0.2) is 0 Å². The summed E-state index contributed by atoms with van der Waals surface area (Å²) >= 11 is 6.13. The minimum Gasteiger partial charge on any atom is -0.497 e. The minimum atomic E-state index is 0.00548. The summed E-state index contributed by atoms with van der Waals surface area (Å²) in [5.74, 6) is 0.841. The molecule has 1 fully saturated rings. The molecule has 5 nitrogen and oxygen atoms in total. The van der Waals surface area contributed by atoms with Crippen molar-refractivity contribution in [1.29, 1.82) is 0 Å². The first kappa shape index (κ1) is 23.1. The van der Waals surface area contributed by atoms with E-state index in [4.69, 9.17) is 16.3 Å². The van der Waals surface area contributed by atoms with Crippen LogP contribution < -0.4 is 10.1 Å². The van der Waals surface area contributed by atoms with Crippen LogP contribution in [0.2, 0.25) is 5.02 Å². The summed E-state index contributed by atoms with van der Waals surface area (Å²) < 4.78 is 5.19. The van der Waals surface area contributed by atoms with E-state index in [2.05, 4.69) is 46.6 Å². The SMILES string of the molecule is COc1ccc(CCNC(=O)N2CCN([C@@H](c3ccccc3)c3ccc(Cl)cc3)CC2)cc1. The van der Waals surface area contributed by atoms with Gasteiger partial charge in [0.25, 0.3) is 0 Å². The van der Waals surface area contributed by atoms with Gasteiger partial charge in [0.05, 0.1) is 13.2 Å². The van der Waals surface area contributed by atoms with E-state index in [9.17, 15) is 4.79 Å². The maximum atomic E-state index is 12.7. The summed E-state index contributed by atoms with van der Waals surface area (Å²) in [4.78, 5) is 17.1. The van der Waals surface area contributed by atoms with Gasteiger partial charge in [-0.25, -0.2) is 4.79 Å². The monoisotopic (exact) mass is 463 g/mol. The summed E-state index contributed by atoms with van der Waals surface area (Å²) in [5.41, 5.74) is 3.63. The highest BCUT2D eigenvalue weighted by molar-refractivity contribution is 6.30. The lowest BCUT2D eigenvalue weighted by Crippen LogP contribution is -2.52. The van der Waals surface area contributed by atoms with E-state index < -0.39 is 0 Å². The van der Waals surface area contributed by atoms with Gasteiger partial charge in [-0.15, -0.1) is 0 Å². The molecule has 1 aliphatic heterocycles. The molecule has 6 heteroatoms. The Kier molecular flexibility index (Phi) is 7.87. The third-order valence-corrected chi connectivity index (χ3v) is 6.37. The number of nitrogens with zero attached hydrogens (tertiary/aromatic N) is 2. The number of carbonyl (C=O) groups excluding carboxylic acids is 1. The van der Waals surface area contributed by atoms with Gasteiger partial charge >= 0.3 is 6.03 Å². The Bertz CT molecular complexity index is 1020. The number of nitrogens with one attached hydrogen (secondary N) is 1. The van der Waals surface area contributed by atoms with Gasteiger partial charge in [-0.2, -0.15) is 0 Å². The first-order chi connectivity index (χ1) is 16.1. The molecule has 1 atom stereocenters. The van der Waals surface area contributed by atoms with Gasteiger partial charge in [0.2, 0.25) is 0 Å². The highest BCUT2D eigenvalue weighted by Gasteiger charge is 2.28. The zero-order valence-corrected chi connectivity index (χ0v) is 19.7. The van der Waals surface area contributed by atoms with E-state index in [1.54, 1.807) is 7.11 Å².